The fourth-order valence-electron chi connectivity index (χ4n) is 2.95. The second-order valence-corrected chi connectivity index (χ2v) is 6.53. The molecule has 24 heavy (non-hydrogen) atoms. The van der Waals surface area contributed by atoms with Crippen LogP contribution in [0.5, 0.6) is 0 Å². The Balaban J connectivity index is 1.63. The van der Waals surface area contributed by atoms with Crippen LogP contribution in [0.3, 0.4) is 0 Å². The van der Waals surface area contributed by atoms with Crippen LogP contribution in [0.4, 0.5) is 11.8 Å². The van der Waals surface area contributed by atoms with Crippen LogP contribution < -0.4 is 10.2 Å². The number of hydrogen-bond acceptors (Lipinski definition) is 8. The second kappa shape index (κ2) is 7.12. The molecule has 1 unspecified atom stereocenters. The Labute approximate surface area is 142 Å². The second-order valence-electron chi connectivity index (χ2n) is 6.53. The third-order valence-electron chi connectivity index (χ3n) is 4.07. The van der Waals surface area contributed by atoms with Crippen molar-refractivity contribution < 1.29 is 4.52 Å². The number of rotatable bonds is 5. The van der Waals surface area contributed by atoms with E-state index < -0.39 is 0 Å². The monoisotopic (exact) mass is 331 g/mol. The minimum absolute atomic E-state index is 0.323. The lowest BCUT2D eigenvalue weighted by Gasteiger charge is -2.32. The van der Waals surface area contributed by atoms with E-state index in [1.54, 1.807) is 0 Å². The summed E-state index contributed by atoms with van der Waals surface area (Å²) in [6, 6.07) is 2.31. The Bertz CT molecular complexity index is 685. The molecule has 1 saturated heterocycles. The molecule has 3 rings (SSSR count). The topological polar surface area (TPSA) is 83.2 Å². The molecule has 0 amide bonds. The molecule has 0 spiro atoms. The first-order valence-corrected chi connectivity index (χ1v) is 8.30. The standard InChI is InChI=1S/C16H25N7O/c1-11-8-15(22(3)4)20-16(17-11)19-13-6-5-7-23(9-13)10-14-18-12(2)24-21-14/h8,13H,5-7,9-10H2,1-4H3,(H,17,19,20). The van der Waals surface area contributed by atoms with E-state index in [0.717, 1.165) is 43.3 Å². The molecule has 130 valence electrons. The number of piperidine rings is 1. The van der Waals surface area contributed by atoms with Crippen LogP contribution >= 0.6 is 0 Å². The minimum Gasteiger partial charge on any atom is -0.363 e. The van der Waals surface area contributed by atoms with Gasteiger partial charge in [0.1, 0.15) is 5.82 Å². The molecule has 8 heteroatoms. The summed E-state index contributed by atoms with van der Waals surface area (Å²) >= 11 is 0. The van der Waals surface area contributed by atoms with Gasteiger partial charge in [-0.1, -0.05) is 5.16 Å². The molecule has 1 N–H and O–H groups in total. The van der Waals surface area contributed by atoms with Gasteiger partial charge in [-0.25, -0.2) is 4.98 Å². The van der Waals surface area contributed by atoms with Crippen LogP contribution in [-0.4, -0.2) is 58.2 Å². The Kier molecular flexibility index (Phi) is 4.94. The largest absolute Gasteiger partial charge is 0.363 e. The molecule has 0 radical (unpaired) electrons. The zero-order chi connectivity index (χ0) is 17.1. The first-order valence-electron chi connectivity index (χ1n) is 8.30. The number of likely N-dealkylation sites (tertiary alicyclic amines) is 1. The van der Waals surface area contributed by atoms with Gasteiger partial charge in [-0.3, -0.25) is 4.90 Å². The molecule has 2 aromatic heterocycles. The number of nitrogens with zero attached hydrogens (tertiary/aromatic N) is 6. The van der Waals surface area contributed by atoms with Gasteiger partial charge < -0.3 is 14.7 Å². The Hall–Kier alpha value is -2.22. The SMILES string of the molecule is Cc1cc(N(C)C)nc(NC2CCCN(Cc3noc(C)n3)C2)n1. The normalized spacial score (nSPS) is 18.6. The molecule has 0 aliphatic carbocycles. The third kappa shape index (κ3) is 4.19. The molecule has 1 atom stereocenters. The lowest BCUT2D eigenvalue weighted by atomic mass is 10.1. The lowest BCUT2D eigenvalue weighted by molar-refractivity contribution is 0.201. The highest BCUT2D eigenvalue weighted by Gasteiger charge is 2.22. The molecule has 0 bridgehead atoms. The number of nitrogens with one attached hydrogen (secondary N) is 1. The highest BCUT2D eigenvalue weighted by molar-refractivity contribution is 5.43. The average molecular weight is 331 g/mol. The maximum absolute atomic E-state index is 5.05. The van der Waals surface area contributed by atoms with Crippen LogP contribution in [0.15, 0.2) is 10.6 Å². The van der Waals surface area contributed by atoms with E-state index in [9.17, 15) is 0 Å². The van der Waals surface area contributed by atoms with E-state index >= 15 is 0 Å². The molecule has 0 saturated carbocycles. The molecule has 1 fully saturated rings. The molecular formula is C16H25N7O. The fourth-order valence-corrected chi connectivity index (χ4v) is 2.95. The van der Waals surface area contributed by atoms with E-state index in [1.807, 2.05) is 38.9 Å². The van der Waals surface area contributed by atoms with Crippen molar-refractivity contribution in [1.82, 2.24) is 25.0 Å². The van der Waals surface area contributed by atoms with Gasteiger partial charge in [-0.2, -0.15) is 9.97 Å². The molecule has 2 aromatic rings. The highest BCUT2D eigenvalue weighted by atomic mass is 16.5. The maximum Gasteiger partial charge on any atom is 0.225 e. The van der Waals surface area contributed by atoms with Crippen molar-refractivity contribution >= 4 is 11.8 Å². The van der Waals surface area contributed by atoms with Gasteiger partial charge >= 0.3 is 0 Å². The quantitative estimate of drug-likeness (QED) is 0.885. The number of hydrogen-bond donors (Lipinski definition) is 1. The minimum atomic E-state index is 0.323. The Morgan fingerprint density at radius 3 is 2.83 bits per heavy atom. The summed E-state index contributed by atoms with van der Waals surface area (Å²) in [5.41, 5.74) is 0.964. The van der Waals surface area contributed by atoms with Gasteiger partial charge in [-0.15, -0.1) is 0 Å². The molecule has 8 nitrogen and oxygen atoms in total. The van der Waals surface area contributed by atoms with Gasteiger partial charge in [0.15, 0.2) is 5.82 Å². The van der Waals surface area contributed by atoms with Gasteiger partial charge in [0, 0.05) is 45.4 Å². The molecular weight excluding hydrogens is 306 g/mol. The summed E-state index contributed by atoms with van der Waals surface area (Å²) in [4.78, 5) is 17.7. The molecule has 1 aliphatic rings. The zero-order valence-electron chi connectivity index (χ0n) is 14.8. The van der Waals surface area contributed by atoms with Crippen LogP contribution in [0.1, 0.15) is 30.3 Å². The third-order valence-corrected chi connectivity index (χ3v) is 4.07. The Morgan fingerprint density at radius 1 is 1.29 bits per heavy atom. The molecule has 3 heterocycles. The number of anilines is 2. The van der Waals surface area contributed by atoms with Crippen LogP contribution in [0, 0.1) is 13.8 Å². The maximum atomic E-state index is 5.05. The van der Waals surface area contributed by atoms with Crippen molar-refractivity contribution in [2.45, 2.75) is 39.3 Å². The van der Waals surface area contributed by atoms with Gasteiger partial charge in [0.2, 0.25) is 11.8 Å². The predicted molar refractivity (Wildman–Crippen MR) is 92.1 cm³/mol. The fraction of sp³-hybridized carbons (Fsp3) is 0.625. The average Bonchev–Trinajstić information content (AvgIpc) is 2.92. The predicted octanol–water partition coefficient (Wildman–Crippen LogP) is 1.62. The molecule has 0 aromatic carbocycles. The summed E-state index contributed by atoms with van der Waals surface area (Å²) in [5.74, 6) is 2.97. The Morgan fingerprint density at radius 2 is 2.12 bits per heavy atom. The van der Waals surface area contributed by atoms with Crippen molar-refractivity contribution in [2.75, 3.05) is 37.4 Å². The highest BCUT2D eigenvalue weighted by Crippen LogP contribution is 2.18. The van der Waals surface area contributed by atoms with E-state index in [0.29, 0.717) is 24.4 Å². The summed E-state index contributed by atoms with van der Waals surface area (Å²) in [7, 11) is 3.97. The zero-order valence-corrected chi connectivity index (χ0v) is 14.8. The van der Waals surface area contributed by atoms with Gasteiger partial charge in [0.05, 0.1) is 6.54 Å². The van der Waals surface area contributed by atoms with E-state index in [4.69, 9.17) is 4.52 Å². The summed E-state index contributed by atoms with van der Waals surface area (Å²) < 4.78 is 5.05. The first-order chi connectivity index (χ1) is 11.5. The number of aryl methyl sites for hydroxylation is 2. The van der Waals surface area contributed by atoms with E-state index in [1.165, 1.54) is 0 Å². The van der Waals surface area contributed by atoms with Gasteiger partial charge in [-0.05, 0) is 26.3 Å². The van der Waals surface area contributed by atoms with E-state index in [-0.39, 0.29) is 0 Å². The molecule has 1 aliphatic heterocycles. The van der Waals surface area contributed by atoms with Crippen LogP contribution in [0.2, 0.25) is 0 Å². The van der Waals surface area contributed by atoms with E-state index in [2.05, 4.69) is 30.3 Å². The lowest BCUT2D eigenvalue weighted by Crippen LogP contribution is -2.42. The smallest absolute Gasteiger partial charge is 0.225 e. The summed E-state index contributed by atoms with van der Waals surface area (Å²) in [5, 5.41) is 7.47. The van der Waals surface area contributed by atoms with Crippen molar-refractivity contribution in [2.24, 2.45) is 0 Å². The first kappa shape index (κ1) is 16.6. The van der Waals surface area contributed by atoms with Crippen molar-refractivity contribution in [3.63, 3.8) is 0 Å². The summed E-state index contributed by atoms with van der Waals surface area (Å²) in [6.45, 7) is 6.48. The van der Waals surface area contributed by atoms with Crippen molar-refractivity contribution in [3.05, 3.63) is 23.5 Å². The summed E-state index contributed by atoms with van der Waals surface area (Å²) in [6.07, 6.45) is 2.23. The van der Waals surface area contributed by atoms with Crippen molar-refractivity contribution in [3.8, 4) is 0 Å². The van der Waals surface area contributed by atoms with Crippen LogP contribution in [0.25, 0.3) is 0 Å². The van der Waals surface area contributed by atoms with Crippen molar-refractivity contribution in [1.29, 1.82) is 0 Å². The van der Waals surface area contributed by atoms with Crippen LogP contribution in [-0.2, 0) is 6.54 Å². The van der Waals surface area contributed by atoms with Gasteiger partial charge in [0.25, 0.3) is 0 Å². The number of aromatic nitrogens is 4.